The monoisotopic (exact) mass is 293 g/mol. The van der Waals surface area contributed by atoms with E-state index < -0.39 is 45.5 Å². The molecule has 9 heteroatoms. The van der Waals surface area contributed by atoms with E-state index in [1.54, 1.807) is 6.92 Å². The molecule has 0 aliphatic carbocycles. The number of amides is 2. The Labute approximate surface area is 110 Å². The second-order valence-corrected chi connectivity index (χ2v) is 5.93. The smallest absolute Gasteiger partial charge is 0.330 e. The summed E-state index contributed by atoms with van der Waals surface area (Å²) in [5.41, 5.74) is 0. The third-order valence-electron chi connectivity index (χ3n) is 2.73. The van der Waals surface area contributed by atoms with Gasteiger partial charge in [0, 0.05) is 0 Å². The van der Waals surface area contributed by atoms with Gasteiger partial charge in [0.15, 0.2) is 5.25 Å². The fourth-order valence-corrected chi connectivity index (χ4v) is 2.35. The molecule has 2 atom stereocenters. The molecule has 1 fully saturated rings. The van der Waals surface area contributed by atoms with Gasteiger partial charge in [0.1, 0.15) is 0 Å². The van der Waals surface area contributed by atoms with Gasteiger partial charge >= 0.3 is 5.97 Å². The first-order valence-electron chi connectivity index (χ1n) is 5.73. The molecular formula is C10H15NO7S. The molecule has 1 heterocycles. The van der Waals surface area contributed by atoms with E-state index in [-0.39, 0.29) is 5.06 Å². The van der Waals surface area contributed by atoms with Crippen molar-refractivity contribution in [2.45, 2.75) is 38.4 Å². The highest BCUT2D eigenvalue weighted by Gasteiger charge is 2.48. The molecule has 0 aromatic heterocycles. The van der Waals surface area contributed by atoms with Gasteiger partial charge in [-0.05, 0) is 6.42 Å². The third kappa shape index (κ3) is 3.51. The Morgan fingerprint density at radius 2 is 2.11 bits per heavy atom. The molecule has 0 saturated carbocycles. The van der Waals surface area contributed by atoms with Gasteiger partial charge < -0.3 is 4.84 Å². The lowest BCUT2D eigenvalue weighted by Gasteiger charge is -2.16. The highest BCUT2D eigenvalue weighted by atomic mass is 32.2. The average Bonchev–Trinajstić information content (AvgIpc) is 2.56. The summed E-state index contributed by atoms with van der Waals surface area (Å²) in [6, 6.07) is 0. The van der Waals surface area contributed by atoms with Crippen LogP contribution in [-0.4, -0.2) is 41.1 Å². The first-order chi connectivity index (χ1) is 8.68. The number of hydroxylamine groups is 2. The summed E-state index contributed by atoms with van der Waals surface area (Å²) in [6.07, 6.45) is 0.496. The highest BCUT2D eigenvalue weighted by Crippen LogP contribution is 2.21. The van der Waals surface area contributed by atoms with E-state index in [0.29, 0.717) is 12.8 Å². The van der Waals surface area contributed by atoms with E-state index in [4.69, 9.17) is 4.55 Å². The van der Waals surface area contributed by atoms with E-state index in [9.17, 15) is 22.8 Å². The van der Waals surface area contributed by atoms with Gasteiger partial charge in [0.25, 0.3) is 21.9 Å². The maximum absolute atomic E-state index is 11.6. The van der Waals surface area contributed by atoms with Crippen LogP contribution in [0.15, 0.2) is 0 Å². The zero-order valence-electron chi connectivity index (χ0n) is 10.5. The fraction of sp³-hybridized carbons (Fsp3) is 0.700. The SMILES string of the molecule is CCCC(C)C(=O)ON1C(=O)CC(S(=O)(=O)O)C1=O. The zero-order chi connectivity index (χ0) is 14.8. The van der Waals surface area contributed by atoms with E-state index >= 15 is 0 Å². The van der Waals surface area contributed by atoms with Gasteiger partial charge in [-0.15, -0.1) is 5.06 Å². The quantitative estimate of drug-likeness (QED) is 0.555. The van der Waals surface area contributed by atoms with Gasteiger partial charge in [-0.3, -0.25) is 14.1 Å². The summed E-state index contributed by atoms with van der Waals surface area (Å²) >= 11 is 0. The molecule has 1 aliphatic rings. The van der Waals surface area contributed by atoms with Crippen LogP contribution in [0.5, 0.6) is 0 Å². The van der Waals surface area contributed by atoms with Crippen molar-refractivity contribution in [2.24, 2.45) is 5.92 Å². The molecule has 0 spiro atoms. The molecular weight excluding hydrogens is 278 g/mol. The summed E-state index contributed by atoms with van der Waals surface area (Å²) in [5.74, 6) is -3.52. The Morgan fingerprint density at radius 1 is 1.53 bits per heavy atom. The van der Waals surface area contributed by atoms with Crippen LogP contribution >= 0.6 is 0 Å². The summed E-state index contributed by atoms with van der Waals surface area (Å²) in [5, 5.41) is -1.78. The molecule has 1 aliphatic heterocycles. The molecule has 2 amide bonds. The summed E-state index contributed by atoms with van der Waals surface area (Å²) < 4.78 is 30.5. The fourth-order valence-electron chi connectivity index (χ4n) is 1.64. The molecule has 1 N–H and O–H groups in total. The standard InChI is InChI=1S/C10H15NO7S/c1-3-4-6(2)10(14)18-11-8(12)5-7(9(11)13)19(15,16)17/h6-7H,3-5H2,1-2H3,(H,15,16,17). The van der Waals surface area contributed by atoms with Crippen LogP contribution in [0.25, 0.3) is 0 Å². The van der Waals surface area contributed by atoms with Gasteiger partial charge in [-0.1, -0.05) is 20.3 Å². The van der Waals surface area contributed by atoms with Crippen LogP contribution in [0.3, 0.4) is 0 Å². The molecule has 1 rings (SSSR count). The Bertz CT molecular complexity index is 498. The molecule has 108 valence electrons. The van der Waals surface area contributed by atoms with Gasteiger partial charge in [-0.25, -0.2) is 4.79 Å². The number of carbonyl (C=O) groups is 3. The van der Waals surface area contributed by atoms with E-state index in [0.717, 1.165) is 0 Å². The number of hydrogen-bond acceptors (Lipinski definition) is 6. The Hall–Kier alpha value is -1.48. The third-order valence-corrected chi connectivity index (χ3v) is 3.81. The Kier molecular flexibility index (Phi) is 4.64. The van der Waals surface area contributed by atoms with Crippen LogP contribution in [0.1, 0.15) is 33.1 Å². The van der Waals surface area contributed by atoms with Crippen molar-refractivity contribution < 1.29 is 32.2 Å². The van der Waals surface area contributed by atoms with Crippen molar-refractivity contribution in [3.05, 3.63) is 0 Å². The first-order valence-corrected chi connectivity index (χ1v) is 7.23. The van der Waals surface area contributed by atoms with Crippen molar-refractivity contribution in [3.63, 3.8) is 0 Å². The minimum Gasteiger partial charge on any atom is -0.330 e. The second-order valence-electron chi connectivity index (χ2n) is 4.33. The summed E-state index contributed by atoms with van der Waals surface area (Å²) in [4.78, 5) is 39.1. The molecule has 8 nitrogen and oxygen atoms in total. The van der Waals surface area contributed by atoms with Gasteiger partial charge in [0.05, 0.1) is 12.3 Å². The number of hydrogen-bond donors (Lipinski definition) is 1. The van der Waals surface area contributed by atoms with E-state index in [2.05, 4.69) is 4.84 Å². The van der Waals surface area contributed by atoms with Crippen LogP contribution in [0.4, 0.5) is 0 Å². The maximum atomic E-state index is 11.6. The minimum absolute atomic E-state index is 0.118. The predicted octanol–water partition coefficient (Wildman–Crippen LogP) is -0.104. The largest absolute Gasteiger partial charge is 0.335 e. The van der Waals surface area contributed by atoms with Crippen LogP contribution in [0, 0.1) is 5.92 Å². The van der Waals surface area contributed by atoms with Crippen LogP contribution < -0.4 is 0 Å². The zero-order valence-corrected chi connectivity index (χ0v) is 11.3. The molecule has 2 unspecified atom stereocenters. The summed E-state index contributed by atoms with van der Waals surface area (Å²) in [6.45, 7) is 3.42. The first kappa shape index (κ1) is 15.6. The van der Waals surface area contributed by atoms with Crippen LogP contribution in [0.2, 0.25) is 0 Å². The molecule has 1 saturated heterocycles. The van der Waals surface area contributed by atoms with Crippen LogP contribution in [-0.2, 0) is 29.3 Å². The lowest BCUT2D eigenvalue weighted by Crippen LogP contribution is -2.37. The van der Waals surface area contributed by atoms with Crippen molar-refractivity contribution >= 4 is 27.9 Å². The molecule has 0 aromatic carbocycles. The maximum Gasteiger partial charge on any atom is 0.335 e. The minimum atomic E-state index is -4.69. The number of nitrogens with zero attached hydrogens (tertiary/aromatic N) is 1. The average molecular weight is 293 g/mol. The highest BCUT2D eigenvalue weighted by molar-refractivity contribution is 7.87. The number of rotatable bonds is 5. The normalized spacial score (nSPS) is 21.6. The van der Waals surface area contributed by atoms with E-state index in [1.807, 2.05) is 6.92 Å². The lowest BCUT2D eigenvalue weighted by molar-refractivity contribution is -0.200. The number of carbonyl (C=O) groups excluding carboxylic acids is 3. The lowest BCUT2D eigenvalue weighted by atomic mass is 10.1. The van der Waals surface area contributed by atoms with Crippen molar-refractivity contribution in [1.29, 1.82) is 0 Å². The molecule has 0 bridgehead atoms. The van der Waals surface area contributed by atoms with Crippen molar-refractivity contribution in [3.8, 4) is 0 Å². The summed E-state index contributed by atoms with van der Waals surface area (Å²) in [7, 11) is -4.69. The van der Waals surface area contributed by atoms with Crippen molar-refractivity contribution in [2.75, 3.05) is 0 Å². The van der Waals surface area contributed by atoms with Crippen molar-refractivity contribution in [1.82, 2.24) is 5.06 Å². The van der Waals surface area contributed by atoms with E-state index in [1.165, 1.54) is 0 Å². The predicted molar refractivity (Wildman–Crippen MR) is 62.0 cm³/mol. The van der Waals surface area contributed by atoms with Gasteiger partial charge in [0.2, 0.25) is 0 Å². The molecule has 19 heavy (non-hydrogen) atoms. The second kappa shape index (κ2) is 5.66. The van der Waals surface area contributed by atoms with Gasteiger partial charge in [-0.2, -0.15) is 8.42 Å². The topological polar surface area (TPSA) is 118 Å². The molecule has 0 radical (unpaired) electrons. The molecule has 0 aromatic rings. The number of imide groups is 1. The Morgan fingerprint density at radius 3 is 2.53 bits per heavy atom. The Balaban J connectivity index is 2.78.